The van der Waals surface area contributed by atoms with E-state index in [2.05, 4.69) is 10.6 Å². The molecule has 1 fully saturated rings. The number of anilines is 2. The van der Waals surface area contributed by atoms with Gasteiger partial charge >= 0.3 is 0 Å². The number of nitrogens with zero attached hydrogens (tertiary/aromatic N) is 2. The molecule has 2 heterocycles. The summed E-state index contributed by atoms with van der Waals surface area (Å²) < 4.78 is 20.3. The number of hydrogen-bond acceptors (Lipinski definition) is 6. The number of thiophene rings is 1. The molecule has 2 aromatic rings. The van der Waals surface area contributed by atoms with Gasteiger partial charge in [-0.1, -0.05) is 25.4 Å². The van der Waals surface area contributed by atoms with Crippen molar-refractivity contribution in [1.82, 2.24) is 10.2 Å². The second-order valence-corrected chi connectivity index (χ2v) is 9.02. The van der Waals surface area contributed by atoms with Gasteiger partial charge in [-0.3, -0.25) is 19.3 Å². The van der Waals surface area contributed by atoms with Gasteiger partial charge in [-0.2, -0.15) is 0 Å². The maximum atomic E-state index is 14.7. The third-order valence-electron chi connectivity index (χ3n) is 5.30. The molecule has 178 valence electrons. The lowest BCUT2D eigenvalue weighted by molar-refractivity contribution is -0.125. The molecule has 0 bridgehead atoms. The summed E-state index contributed by atoms with van der Waals surface area (Å²) in [5.74, 6) is -1.63. The van der Waals surface area contributed by atoms with Gasteiger partial charge < -0.3 is 20.3 Å². The number of carbonyl (C=O) groups is 3. The zero-order valence-corrected chi connectivity index (χ0v) is 20.0. The lowest BCUT2D eigenvalue weighted by Crippen LogP contribution is -2.50. The van der Waals surface area contributed by atoms with Crippen molar-refractivity contribution in [1.29, 1.82) is 0 Å². The molecular weight excluding hydrogens is 471 g/mol. The Morgan fingerprint density at radius 3 is 2.64 bits per heavy atom. The highest BCUT2D eigenvalue weighted by Gasteiger charge is 2.26. The van der Waals surface area contributed by atoms with Crippen molar-refractivity contribution >= 4 is 52.0 Å². The monoisotopic (exact) mass is 496 g/mol. The molecule has 1 aliphatic rings. The Balaban J connectivity index is 1.70. The summed E-state index contributed by atoms with van der Waals surface area (Å²) >= 11 is 7.05. The molecule has 0 spiro atoms. The number of likely N-dealkylation sites (N-methyl/N-ethyl adjacent to an activating group) is 1. The molecule has 2 N–H and O–H groups in total. The summed E-state index contributed by atoms with van der Waals surface area (Å²) in [7, 11) is 0. The Morgan fingerprint density at radius 1 is 1.27 bits per heavy atom. The van der Waals surface area contributed by atoms with E-state index in [1.165, 1.54) is 17.0 Å². The van der Waals surface area contributed by atoms with Crippen molar-refractivity contribution in [3.8, 4) is 0 Å². The van der Waals surface area contributed by atoms with E-state index in [-0.39, 0.29) is 48.8 Å². The molecule has 1 aromatic carbocycles. The summed E-state index contributed by atoms with van der Waals surface area (Å²) in [6.07, 6.45) is 0. The fourth-order valence-corrected chi connectivity index (χ4v) is 4.53. The third kappa shape index (κ3) is 6.29. The minimum atomic E-state index is -0.664. The Kier molecular flexibility index (Phi) is 8.79. The maximum absolute atomic E-state index is 14.7. The van der Waals surface area contributed by atoms with Crippen LogP contribution in [0, 0.1) is 5.82 Å². The van der Waals surface area contributed by atoms with Gasteiger partial charge in [0.1, 0.15) is 18.5 Å². The van der Waals surface area contributed by atoms with E-state index in [1.54, 1.807) is 18.2 Å². The molecule has 0 unspecified atom stereocenters. The van der Waals surface area contributed by atoms with Crippen LogP contribution in [0.1, 0.15) is 23.5 Å². The molecule has 3 amide bonds. The third-order valence-corrected chi connectivity index (χ3v) is 6.53. The van der Waals surface area contributed by atoms with Crippen LogP contribution in [-0.4, -0.2) is 68.1 Å². The van der Waals surface area contributed by atoms with Gasteiger partial charge in [0.15, 0.2) is 0 Å². The quantitative estimate of drug-likeness (QED) is 0.557. The first-order valence-electron chi connectivity index (χ1n) is 10.6. The first-order chi connectivity index (χ1) is 15.8. The number of hydrogen-bond donors (Lipinski definition) is 2. The van der Waals surface area contributed by atoms with E-state index >= 15 is 0 Å². The van der Waals surface area contributed by atoms with Crippen LogP contribution in [0.5, 0.6) is 0 Å². The van der Waals surface area contributed by atoms with Crippen molar-refractivity contribution in [3.05, 3.63) is 45.4 Å². The standard InChI is InChI=1S/C22H26ClFN4O4S/c1-3-27(4-2)17(12-25-22(31)18-7-8-19(23)33-18)21(30)26-14-5-6-16(15(24)11-14)28-9-10-32-13-20(28)29/h5-8,11,17H,3-4,9-10,12-13H2,1-2H3,(H,25,31)(H,26,30)/t17-/m1/s1. The molecule has 33 heavy (non-hydrogen) atoms. The van der Waals surface area contributed by atoms with Crippen molar-refractivity contribution in [3.63, 3.8) is 0 Å². The number of amides is 3. The molecular formula is C22H26ClFN4O4S. The lowest BCUT2D eigenvalue weighted by atomic mass is 10.2. The first-order valence-corrected chi connectivity index (χ1v) is 11.8. The number of rotatable bonds is 9. The molecule has 0 radical (unpaired) electrons. The van der Waals surface area contributed by atoms with Crippen LogP contribution >= 0.6 is 22.9 Å². The Labute approximate surface area is 200 Å². The molecule has 1 aromatic heterocycles. The van der Waals surface area contributed by atoms with Crippen LogP contribution in [0.4, 0.5) is 15.8 Å². The zero-order chi connectivity index (χ0) is 24.0. The van der Waals surface area contributed by atoms with E-state index in [9.17, 15) is 18.8 Å². The second-order valence-electron chi connectivity index (χ2n) is 7.30. The fourth-order valence-electron chi connectivity index (χ4n) is 3.57. The SMILES string of the molecule is CCN(CC)[C@H](CNC(=O)c1ccc(Cl)s1)C(=O)Nc1ccc(N2CCOCC2=O)c(F)c1. The Bertz CT molecular complexity index is 1010. The molecule has 1 saturated heterocycles. The first kappa shape index (κ1) is 25.1. The average molecular weight is 497 g/mol. The highest BCUT2D eigenvalue weighted by atomic mass is 35.5. The maximum Gasteiger partial charge on any atom is 0.261 e. The highest BCUT2D eigenvalue weighted by molar-refractivity contribution is 7.18. The largest absolute Gasteiger partial charge is 0.370 e. The summed E-state index contributed by atoms with van der Waals surface area (Å²) in [6.45, 7) is 5.58. The lowest BCUT2D eigenvalue weighted by Gasteiger charge is -2.29. The van der Waals surface area contributed by atoms with E-state index in [0.29, 0.717) is 28.9 Å². The predicted octanol–water partition coefficient (Wildman–Crippen LogP) is 2.98. The van der Waals surface area contributed by atoms with Crippen molar-refractivity contribution < 1.29 is 23.5 Å². The fraction of sp³-hybridized carbons (Fsp3) is 0.409. The van der Waals surface area contributed by atoms with E-state index in [1.807, 2.05) is 18.7 Å². The van der Waals surface area contributed by atoms with Gasteiger partial charge in [-0.25, -0.2) is 4.39 Å². The topological polar surface area (TPSA) is 91.0 Å². The van der Waals surface area contributed by atoms with Crippen LogP contribution in [0.15, 0.2) is 30.3 Å². The molecule has 1 atom stereocenters. The zero-order valence-electron chi connectivity index (χ0n) is 18.4. The van der Waals surface area contributed by atoms with Crippen LogP contribution in [0.3, 0.4) is 0 Å². The van der Waals surface area contributed by atoms with Gasteiger partial charge in [0.25, 0.3) is 11.8 Å². The van der Waals surface area contributed by atoms with Gasteiger partial charge in [0.2, 0.25) is 5.91 Å². The van der Waals surface area contributed by atoms with E-state index < -0.39 is 11.9 Å². The summed E-state index contributed by atoms with van der Waals surface area (Å²) in [5.41, 5.74) is 0.402. The van der Waals surface area contributed by atoms with Crippen molar-refractivity contribution in [2.45, 2.75) is 19.9 Å². The molecule has 11 heteroatoms. The van der Waals surface area contributed by atoms with E-state index in [4.69, 9.17) is 16.3 Å². The minimum Gasteiger partial charge on any atom is -0.370 e. The summed E-state index contributed by atoms with van der Waals surface area (Å²) in [4.78, 5) is 41.1. The Morgan fingerprint density at radius 2 is 2.03 bits per heavy atom. The number of ether oxygens (including phenoxy) is 1. The predicted molar refractivity (Wildman–Crippen MR) is 127 cm³/mol. The number of benzene rings is 1. The number of carbonyl (C=O) groups excluding carboxylic acids is 3. The molecule has 0 saturated carbocycles. The number of halogens is 2. The summed E-state index contributed by atoms with van der Waals surface area (Å²) in [5, 5.41) is 5.50. The van der Waals surface area contributed by atoms with Crippen LogP contribution < -0.4 is 15.5 Å². The minimum absolute atomic E-state index is 0.0741. The van der Waals surface area contributed by atoms with Crippen molar-refractivity contribution in [2.75, 3.05) is 49.6 Å². The van der Waals surface area contributed by atoms with Crippen LogP contribution in [0.25, 0.3) is 0 Å². The molecule has 0 aliphatic carbocycles. The van der Waals surface area contributed by atoms with Gasteiger partial charge in [0.05, 0.1) is 21.5 Å². The van der Waals surface area contributed by atoms with E-state index in [0.717, 1.165) is 11.3 Å². The van der Waals surface area contributed by atoms with Gasteiger partial charge in [0, 0.05) is 18.8 Å². The van der Waals surface area contributed by atoms with Crippen LogP contribution in [0.2, 0.25) is 4.34 Å². The molecule has 1 aliphatic heterocycles. The molecule has 3 rings (SSSR count). The smallest absolute Gasteiger partial charge is 0.261 e. The average Bonchev–Trinajstić information content (AvgIpc) is 3.23. The van der Waals surface area contributed by atoms with Gasteiger partial charge in [-0.05, 0) is 43.4 Å². The van der Waals surface area contributed by atoms with Crippen LogP contribution in [-0.2, 0) is 14.3 Å². The molecule has 8 nitrogen and oxygen atoms in total. The van der Waals surface area contributed by atoms with Crippen molar-refractivity contribution in [2.24, 2.45) is 0 Å². The van der Waals surface area contributed by atoms with Gasteiger partial charge in [-0.15, -0.1) is 11.3 Å². The number of nitrogens with one attached hydrogen (secondary N) is 2. The number of morpholine rings is 1. The normalized spacial score (nSPS) is 14.9. The summed E-state index contributed by atoms with van der Waals surface area (Å²) in [6, 6.07) is 6.79. The Hall–Kier alpha value is -2.53. The second kappa shape index (κ2) is 11.6. The highest BCUT2D eigenvalue weighted by Crippen LogP contribution is 2.25.